The summed E-state index contributed by atoms with van der Waals surface area (Å²) in [6.45, 7) is 2.39. The van der Waals surface area contributed by atoms with E-state index in [2.05, 4.69) is 4.72 Å². The second-order valence-corrected chi connectivity index (χ2v) is 8.15. The summed E-state index contributed by atoms with van der Waals surface area (Å²) in [4.78, 5) is 0.400. The Morgan fingerprint density at radius 1 is 1.25 bits per heavy atom. The summed E-state index contributed by atoms with van der Waals surface area (Å²) < 4.78 is 31.0. The van der Waals surface area contributed by atoms with Crippen molar-refractivity contribution in [1.29, 1.82) is 0 Å². The number of benzene rings is 1. The van der Waals surface area contributed by atoms with Crippen molar-refractivity contribution in [2.45, 2.75) is 43.5 Å². The number of para-hydroxylation sites is 1. The number of fused-ring (bicyclic) bond motifs is 1. The molecular weight excluding hydrogens is 346 g/mol. The third-order valence-corrected chi connectivity index (χ3v) is 6.79. The number of aryl methyl sites for hydroxylation is 1. The summed E-state index contributed by atoms with van der Waals surface area (Å²) in [7, 11) is -1.66. The van der Waals surface area contributed by atoms with E-state index in [0.717, 1.165) is 42.3 Å². The van der Waals surface area contributed by atoms with Gasteiger partial charge >= 0.3 is 0 Å². The SMILES string of the molecule is Cc1c(S(=O)(=O)NC2CCCCC2CN)c2ccccc2n1C.Cl. The monoisotopic (exact) mass is 371 g/mol. The Hall–Kier alpha value is -1.08. The van der Waals surface area contributed by atoms with Crippen LogP contribution in [0.2, 0.25) is 0 Å². The lowest BCUT2D eigenvalue weighted by molar-refractivity contribution is 0.296. The van der Waals surface area contributed by atoms with Crippen molar-refractivity contribution in [2.75, 3.05) is 6.54 Å². The maximum atomic E-state index is 13.0. The lowest BCUT2D eigenvalue weighted by Crippen LogP contribution is -2.44. The molecule has 24 heavy (non-hydrogen) atoms. The Bertz CT molecular complexity index is 817. The topological polar surface area (TPSA) is 77.1 Å². The van der Waals surface area contributed by atoms with Crippen LogP contribution in [0.5, 0.6) is 0 Å². The summed E-state index contributed by atoms with van der Waals surface area (Å²) in [5.74, 6) is 0.230. The Morgan fingerprint density at radius 3 is 2.62 bits per heavy atom. The molecule has 2 aromatic rings. The van der Waals surface area contributed by atoms with Gasteiger partial charge in [0, 0.05) is 29.7 Å². The third-order valence-electron chi connectivity index (χ3n) is 5.13. The molecule has 1 aromatic heterocycles. The van der Waals surface area contributed by atoms with Crippen LogP contribution < -0.4 is 10.5 Å². The van der Waals surface area contributed by atoms with Gasteiger partial charge in [0.15, 0.2) is 0 Å². The van der Waals surface area contributed by atoms with Crippen LogP contribution in [0.15, 0.2) is 29.2 Å². The molecule has 2 unspecified atom stereocenters. The zero-order valence-electron chi connectivity index (χ0n) is 14.2. The van der Waals surface area contributed by atoms with Crippen molar-refractivity contribution < 1.29 is 8.42 Å². The van der Waals surface area contributed by atoms with Crippen molar-refractivity contribution in [1.82, 2.24) is 9.29 Å². The highest BCUT2D eigenvalue weighted by Gasteiger charge is 2.31. The second kappa shape index (κ2) is 7.44. The van der Waals surface area contributed by atoms with E-state index in [1.807, 2.05) is 42.8 Å². The Labute approximate surface area is 150 Å². The van der Waals surface area contributed by atoms with Crippen LogP contribution in [0.4, 0.5) is 0 Å². The lowest BCUT2D eigenvalue weighted by atomic mass is 9.85. The van der Waals surface area contributed by atoms with Gasteiger partial charge in [-0.15, -0.1) is 12.4 Å². The number of hydrogen-bond donors (Lipinski definition) is 2. The van der Waals surface area contributed by atoms with E-state index in [1.165, 1.54) is 0 Å². The standard InChI is InChI=1S/C17H25N3O2S.ClH/c1-12-17(14-8-4-6-10-16(14)20(12)2)23(21,22)19-15-9-5-3-7-13(15)11-18;/h4,6,8,10,13,15,19H,3,5,7,9,11,18H2,1-2H3;1H. The smallest absolute Gasteiger partial charge is 0.243 e. The maximum Gasteiger partial charge on any atom is 0.243 e. The molecule has 0 aliphatic heterocycles. The van der Waals surface area contributed by atoms with Crippen LogP contribution in [-0.2, 0) is 17.1 Å². The van der Waals surface area contributed by atoms with Gasteiger partial charge < -0.3 is 10.3 Å². The Kier molecular flexibility index (Phi) is 5.96. The molecule has 1 saturated carbocycles. The molecule has 2 atom stereocenters. The fourth-order valence-electron chi connectivity index (χ4n) is 3.73. The molecule has 7 heteroatoms. The third kappa shape index (κ3) is 3.33. The van der Waals surface area contributed by atoms with Crippen molar-refractivity contribution in [3.63, 3.8) is 0 Å². The largest absolute Gasteiger partial charge is 0.347 e. The molecule has 0 amide bonds. The molecule has 0 spiro atoms. The average molecular weight is 372 g/mol. The minimum atomic E-state index is -3.57. The molecular formula is C17H26ClN3O2S. The number of sulfonamides is 1. The first-order chi connectivity index (χ1) is 11.0. The number of nitrogens with two attached hydrogens (primary N) is 1. The molecule has 1 heterocycles. The molecule has 1 aromatic carbocycles. The molecule has 1 aliphatic carbocycles. The van der Waals surface area contributed by atoms with Crippen molar-refractivity contribution in [2.24, 2.45) is 18.7 Å². The molecule has 1 aliphatic rings. The number of rotatable bonds is 4. The fraction of sp³-hybridized carbons (Fsp3) is 0.529. The molecule has 3 rings (SSSR count). The fourth-order valence-corrected chi connectivity index (χ4v) is 5.54. The van der Waals surface area contributed by atoms with Gasteiger partial charge in [-0.2, -0.15) is 0 Å². The van der Waals surface area contributed by atoms with Crippen LogP contribution in [-0.4, -0.2) is 25.6 Å². The van der Waals surface area contributed by atoms with Gasteiger partial charge in [-0.3, -0.25) is 0 Å². The van der Waals surface area contributed by atoms with Crippen LogP contribution >= 0.6 is 12.4 Å². The molecule has 1 fully saturated rings. The number of aromatic nitrogens is 1. The summed E-state index contributed by atoms with van der Waals surface area (Å²) in [5.41, 5.74) is 7.53. The summed E-state index contributed by atoms with van der Waals surface area (Å²) in [5, 5.41) is 0.778. The minimum absolute atomic E-state index is 0. The highest BCUT2D eigenvalue weighted by molar-refractivity contribution is 7.89. The second-order valence-electron chi connectivity index (χ2n) is 6.50. The van der Waals surface area contributed by atoms with Gasteiger partial charge in [-0.1, -0.05) is 31.0 Å². The number of nitrogens with one attached hydrogen (secondary N) is 1. The van der Waals surface area contributed by atoms with E-state index < -0.39 is 10.0 Å². The van der Waals surface area contributed by atoms with E-state index in [1.54, 1.807) is 0 Å². The van der Waals surface area contributed by atoms with E-state index in [0.29, 0.717) is 11.4 Å². The van der Waals surface area contributed by atoms with Gasteiger partial charge in [-0.25, -0.2) is 13.1 Å². The molecule has 0 radical (unpaired) electrons. The Morgan fingerprint density at radius 2 is 1.92 bits per heavy atom. The van der Waals surface area contributed by atoms with Crippen LogP contribution in [0.3, 0.4) is 0 Å². The van der Waals surface area contributed by atoms with E-state index >= 15 is 0 Å². The molecule has 5 nitrogen and oxygen atoms in total. The van der Waals surface area contributed by atoms with Crippen molar-refractivity contribution in [3.8, 4) is 0 Å². The highest BCUT2D eigenvalue weighted by Crippen LogP contribution is 2.31. The molecule has 134 valence electrons. The number of halogens is 1. The molecule has 0 saturated heterocycles. The highest BCUT2D eigenvalue weighted by atomic mass is 35.5. The van der Waals surface area contributed by atoms with E-state index in [4.69, 9.17) is 5.73 Å². The van der Waals surface area contributed by atoms with Gasteiger partial charge in [0.25, 0.3) is 0 Å². The lowest BCUT2D eigenvalue weighted by Gasteiger charge is -2.31. The van der Waals surface area contributed by atoms with Crippen LogP contribution in [0.25, 0.3) is 10.9 Å². The quantitative estimate of drug-likeness (QED) is 0.867. The van der Waals surface area contributed by atoms with Gasteiger partial charge in [0.2, 0.25) is 10.0 Å². The van der Waals surface area contributed by atoms with Crippen molar-refractivity contribution >= 4 is 33.3 Å². The van der Waals surface area contributed by atoms with Crippen molar-refractivity contribution in [3.05, 3.63) is 30.0 Å². The van der Waals surface area contributed by atoms with Crippen LogP contribution in [0.1, 0.15) is 31.4 Å². The normalized spacial score (nSPS) is 21.6. The predicted octanol–water partition coefficient (Wildman–Crippen LogP) is 2.70. The number of hydrogen-bond acceptors (Lipinski definition) is 3. The summed E-state index contributed by atoms with van der Waals surface area (Å²) in [6.07, 6.45) is 4.05. The first kappa shape index (κ1) is 19.2. The first-order valence-corrected chi connectivity index (χ1v) is 9.70. The number of nitrogens with zero attached hydrogens (tertiary/aromatic N) is 1. The maximum absolute atomic E-state index is 13.0. The summed E-state index contributed by atoms with van der Waals surface area (Å²) in [6, 6.07) is 7.57. The van der Waals surface area contributed by atoms with E-state index in [9.17, 15) is 8.42 Å². The predicted molar refractivity (Wildman–Crippen MR) is 100 cm³/mol. The average Bonchev–Trinajstić information content (AvgIpc) is 2.80. The zero-order chi connectivity index (χ0) is 16.6. The van der Waals surface area contributed by atoms with Gasteiger partial charge in [0.1, 0.15) is 4.90 Å². The zero-order valence-corrected chi connectivity index (χ0v) is 15.8. The van der Waals surface area contributed by atoms with Crippen LogP contribution in [0, 0.1) is 12.8 Å². The van der Waals surface area contributed by atoms with Gasteiger partial charge in [-0.05, 0) is 38.3 Å². The van der Waals surface area contributed by atoms with Gasteiger partial charge in [0.05, 0.1) is 0 Å². The summed E-state index contributed by atoms with van der Waals surface area (Å²) >= 11 is 0. The van der Waals surface area contributed by atoms with E-state index in [-0.39, 0.29) is 24.4 Å². The minimum Gasteiger partial charge on any atom is -0.347 e. The first-order valence-electron chi connectivity index (χ1n) is 8.22. The molecule has 0 bridgehead atoms. The Balaban J connectivity index is 0.00000208. The molecule has 3 N–H and O–H groups in total.